The van der Waals surface area contributed by atoms with Crippen molar-refractivity contribution in [2.45, 2.75) is 25.8 Å². The number of hydrogen-bond acceptors (Lipinski definition) is 7. The molecule has 2 aromatic rings. The van der Waals surface area contributed by atoms with Gasteiger partial charge in [-0.2, -0.15) is 16.7 Å². The SMILES string of the molecule is CSCc1noc(CN(C)Cc2cc(C)on2)n1. The number of aromatic nitrogens is 3. The fraction of sp³-hybridized carbons (Fsp3) is 0.545. The third kappa shape index (κ3) is 3.58. The predicted octanol–water partition coefficient (Wildman–Crippen LogP) is 1.86. The Kier molecular flexibility index (Phi) is 4.38. The Hall–Kier alpha value is -1.34. The van der Waals surface area contributed by atoms with Crippen LogP contribution in [0.1, 0.15) is 23.2 Å². The molecule has 0 saturated heterocycles. The van der Waals surface area contributed by atoms with Gasteiger partial charge in [0.15, 0.2) is 5.82 Å². The minimum absolute atomic E-state index is 0.604. The summed E-state index contributed by atoms with van der Waals surface area (Å²) in [5.74, 6) is 2.96. The fourth-order valence-corrected chi connectivity index (χ4v) is 1.97. The number of aryl methyl sites for hydroxylation is 1. The summed E-state index contributed by atoms with van der Waals surface area (Å²) in [6.45, 7) is 3.17. The zero-order valence-corrected chi connectivity index (χ0v) is 11.5. The number of thioether (sulfide) groups is 1. The molecule has 0 spiro atoms. The van der Waals surface area contributed by atoms with Crippen LogP contribution in [0.15, 0.2) is 15.1 Å². The Morgan fingerprint density at radius 3 is 2.78 bits per heavy atom. The molecular formula is C11H16N4O2S. The van der Waals surface area contributed by atoms with E-state index in [1.54, 1.807) is 11.8 Å². The van der Waals surface area contributed by atoms with Crippen LogP contribution in [-0.4, -0.2) is 33.5 Å². The van der Waals surface area contributed by atoms with E-state index in [0.717, 1.165) is 23.0 Å². The summed E-state index contributed by atoms with van der Waals surface area (Å²) in [7, 11) is 1.97. The normalized spacial score (nSPS) is 11.3. The highest BCUT2D eigenvalue weighted by Crippen LogP contribution is 2.09. The van der Waals surface area contributed by atoms with Crippen LogP contribution >= 0.6 is 11.8 Å². The Morgan fingerprint density at radius 2 is 2.11 bits per heavy atom. The molecule has 0 bridgehead atoms. The van der Waals surface area contributed by atoms with Crippen molar-refractivity contribution in [2.24, 2.45) is 0 Å². The van der Waals surface area contributed by atoms with Crippen LogP contribution in [0.2, 0.25) is 0 Å². The van der Waals surface area contributed by atoms with E-state index in [-0.39, 0.29) is 0 Å². The third-order valence-electron chi connectivity index (χ3n) is 2.30. The van der Waals surface area contributed by atoms with E-state index in [0.29, 0.717) is 19.0 Å². The molecule has 2 aromatic heterocycles. The van der Waals surface area contributed by atoms with Crippen molar-refractivity contribution in [1.82, 2.24) is 20.2 Å². The van der Waals surface area contributed by atoms with Gasteiger partial charge in [0, 0.05) is 12.6 Å². The monoisotopic (exact) mass is 268 g/mol. The standard InChI is InChI=1S/C11H16N4O2S/c1-8-4-9(13-16-8)5-15(2)6-11-12-10(7-18-3)14-17-11/h4H,5-7H2,1-3H3. The molecule has 7 heteroatoms. The molecule has 0 atom stereocenters. The minimum Gasteiger partial charge on any atom is -0.361 e. The summed E-state index contributed by atoms with van der Waals surface area (Å²) in [6, 6.07) is 1.92. The molecule has 0 fully saturated rings. The first-order chi connectivity index (χ1) is 8.67. The third-order valence-corrected chi connectivity index (χ3v) is 2.84. The van der Waals surface area contributed by atoms with Crippen LogP contribution < -0.4 is 0 Å². The van der Waals surface area contributed by atoms with E-state index in [9.17, 15) is 0 Å². The lowest BCUT2D eigenvalue weighted by Crippen LogP contribution is -2.17. The summed E-state index contributed by atoms with van der Waals surface area (Å²) in [5.41, 5.74) is 0.902. The van der Waals surface area contributed by atoms with Crippen LogP contribution in [0, 0.1) is 6.92 Å². The molecule has 0 saturated carbocycles. The van der Waals surface area contributed by atoms with Gasteiger partial charge in [0.2, 0.25) is 5.89 Å². The zero-order valence-electron chi connectivity index (χ0n) is 10.7. The maximum absolute atomic E-state index is 5.17. The van der Waals surface area contributed by atoms with Gasteiger partial charge in [-0.25, -0.2) is 0 Å². The average Bonchev–Trinajstić information content (AvgIpc) is 2.89. The second-order valence-corrected chi connectivity index (χ2v) is 5.00. The summed E-state index contributed by atoms with van der Waals surface area (Å²) < 4.78 is 10.2. The molecule has 0 aliphatic rings. The molecule has 2 rings (SSSR count). The van der Waals surface area contributed by atoms with E-state index >= 15 is 0 Å². The number of hydrogen-bond donors (Lipinski definition) is 0. The van der Waals surface area contributed by atoms with Crippen LogP contribution in [0.3, 0.4) is 0 Å². The van der Waals surface area contributed by atoms with Crippen molar-refractivity contribution in [1.29, 1.82) is 0 Å². The van der Waals surface area contributed by atoms with E-state index in [2.05, 4.69) is 15.3 Å². The Labute approximate surface area is 110 Å². The lowest BCUT2D eigenvalue weighted by molar-refractivity contribution is 0.253. The van der Waals surface area contributed by atoms with E-state index in [1.807, 2.05) is 31.2 Å². The lowest BCUT2D eigenvalue weighted by atomic mass is 10.3. The first-order valence-electron chi connectivity index (χ1n) is 5.58. The van der Waals surface area contributed by atoms with Gasteiger partial charge in [0.1, 0.15) is 5.76 Å². The molecule has 2 heterocycles. The second-order valence-electron chi connectivity index (χ2n) is 4.14. The van der Waals surface area contributed by atoms with Gasteiger partial charge in [-0.1, -0.05) is 10.3 Å². The molecule has 0 aliphatic carbocycles. The minimum atomic E-state index is 0.604. The van der Waals surface area contributed by atoms with Crippen molar-refractivity contribution in [2.75, 3.05) is 13.3 Å². The fourth-order valence-electron chi connectivity index (χ4n) is 1.60. The lowest BCUT2D eigenvalue weighted by Gasteiger charge is -2.11. The molecule has 0 aromatic carbocycles. The molecule has 98 valence electrons. The van der Waals surface area contributed by atoms with Gasteiger partial charge in [0.25, 0.3) is 0 Å². The van der Waals surface area contributed by atoms with Crippen molar-refractivity contribution in [3.63, 3.8) is 0 Å². The summed E-state index contributed by atoms with van der Waals surface area (Å²) in [5, 5.41) is 7.85. The van der Waals surface area contributed by atoms with Crippen molar-refractivity contribution >= 4 is 11.8 Å². The van der Waals surface area contributed by atoms with Crippen molar-refractivity contribution in [3.8, 4) is 0 Å². The molecule has 0 N–H and O–H groups in total. The van der Waals surface area contributed by atoms with E-state index in [4.69, 9.17) is 9.05 Å². The van der Waals surface area contributed by atoms with Gasteiger partial charge in [-0.3, -0.25) is 4.90 Å². The van der Waals surface area contributed by atoms with Crippen molar-refractivity contribution in [3.05, 3.63) is 29.2 Å². The largest absolute Gasteiger partial charge is 0.361 e. The molecular weight excluding hydrogens is 252 g/mol. The van der Waals surface area contributed by atoms with Gasteiger partial charge in [-0.05, 0) is 20.2 Å². The van der Waals surface area contributed by atoms with E-state index in [1.165, 1.54) is 0 Å². The van der Waals surface area contributed by atoms with Gasteiger partial charge >= 0.3 is 0 Å². The average molecular weight is 268 g/mol. The summed E-state index contributed by atoms with van der Waals surface area (Å²) in [4.78, 5) is 6.35. The molecule has 18 heavy (non-hydrogen) atoms. The van der Waals surface area contributed by atoms with E-state index < -0.39 is 0 Å². The van der Waals surface area contributed by atoms with Crippen LogP contribution in [0.25, 0.3) is 0 Å². The Morgan fingerprint density at radius 1 is 1.28 bits per heavy atom. The molecule has 0 aliphatic heterocycles. The van der Waals surface area contributed by atoms with Crippen LogP contribution in [-0.2, 0) is 18.8 Å². The first kappa shape index (κ1) is 13.1. The summed E-state index contributed by atoms with van der Waals surface area (Å²) in [6.07, 6.45) is 2.01. The van der Waals surface area contributed by atoms with Gasteiger partial charge in [0.05, 0.1) is 18.0 Å². The van der Waals surface area contributed by atoms with Gasteiger partial charge < -0.3 is 9.05 Å². The van der Waals surface area contributed by atoms with Gasteiger partial charge in [-0.15, -0.1) is 0 Å². The summed E-state index contributed by atoms with van der Waals surface area (Å²) >= 11 is 1.67. The highest BCUT2D eigenvalue weighted by atomic mass is 32.2. The number of rotatable bonds is 6. The highest BCUT2D eigenvalue weighted by molar-refractivity contribution is 7.97. The molecule has 6 nitrogen and oxygen atoms in total. The Bertz CT molecular complexity index is 497. The number of nitrogens with zero attached hydrogens (tertiary/aromatic N) is 4. The second kappa shape index (κ2) is 6.01. The molecule has 0 radical (unpaired) electrons. The maximum Gasteiger partial charge on any atom is 0.240 e. The highest BCUT2D eigenvalue weighted by Gasteiger charge is 2.10. The topological polar surface area (TPSA) is 68.2 Å². The van der Waals surface area contributed by atoms with Crippen LogP contribution in [0.5, 0.6) is 0 Å². The quantitative estimate of drug-likeness (QED) is 0.792. The smallest absolute Gasteiger partial charge is 0.240 e. The molecule has 0 amide bonds. The maximum atomic E-state index is 5.17. The first-order valence-corrected chi connectivity index (χ1v) is 6.98. The van der Waals surface area contributed by atoms with Crippen molar-refractivity contribution < 1.29 is 9.05 Å². The predicted molar refractivity (Wildman–Crippen MR) is 67.9 cm³/mol. The Balaban J connectivity index is 1.88. The zero-order chi connectivity index (χ0) is 13.0. The van der Waals surface area contributed by atoms with Crippen LogP contribution in [0.4, 0.5) is 0 Å². The molecule has 0 unspecified atom stereocenters.